The summed E-state index contributed by atoms with van der Waals surface area (Å²) < 4.78 is 31.8. The number of rotatable bonds is 26. The number of unbranched alkanes of at least 4 members (excludes halogenated alkanes) is 12. The van der Waals surface area contributed by atoms with Gasteiger partial charge in [0.1, 0.15) is 12.7 Å². The summed E-state index contributed by atoms with van der Waals surface area (Å²) in [6, 6.07) is 0. The lowest BCUT2D eigenvalue weighted by molar-refractivity contribution is -0.161. The first-order valence-electron chi connectivity index (χ1n) is 14.0. The van der Waals surface area contributed by atoms with Crippen LogP contribution in [0.5, 0.6) is 0 Å². The van der Waals surface area contributed by atoms with Gasteiger partial charge >= 0.3 is 19.8 Å². The first-order valence-corrected chi connectivity index (χ1v) is 15.5. The van der Waals surface area contributed by atoms with Crippen LogP contribution in [0.3, 0.4) is 0 Å². The van der Waals surface area contributed by atoms with Crippen LogP contribution < -0.4 is 0 Å². The van der Waals surface area contributed by atoms with Gasteiger partial charge in [0, 0.05) is 12.8 Å². The molecule has 0 saturated carbocycles. The summed E-state index contributed by atoms with van der Waals surface area (Å²) in [5.74, 6) is -0.965. The number of hydrogen-bond donors (Lipinski definition) is 3. The number of carbonyl (C=O) groups excluding carboxylic acids is 2. The van der Waals surface area contributed by atoms with E-state index < -0.39 is 51.8 Å². The van der Waals surface area contributed by atoms with Crippen molar-refractivity contribution < 1.29 is 47.8 Å². The van der Waals surface area contributed by atoms with Gasteiger partial charge < -0.3 is 24.6 Å². The molecule has 0 spiro atoms. The number of aliphatic hydroxyl groups excluding tert-OH is 2. The van der Waals surface area contributed by atoms with Crippen molar-refractivity contribution in [3.8, 4) is 0 Å². The molecule has 0 aromatic carbocycles. The summed E-state index contributed by atoms with van der Waals surface area (Å²) >= 11 is 0. The molecule has 37 heavy (non-hydrogen) atoms. The molecular formula is C26H51O10P. The van der Waals surface area contributed by atoms with Crippen LogP contribution in [0.4, 0.5) is 0 Å². The molecule has 0 aromatic rings. The molecule has 0 amide bonds. The van der Waals surface area contributed by atoms with Gasteiger partial charge in [-0.1, -0.05) is 90.9 Å². The van der Waals surface area contributed by atoms with E-state index in [4.69, 9.17) is 19.1 Å². The third-order valence-electron chi connectivity index (χ3n) is 5.76. The Labute approximate surface area is 223 Å². The number of carbonyl (C=O) groups is 2. The van der Waals surface area contributed by atoms with Gasteiger partial charge in [-0.15, -0.1) is 0 Å². The second-order valence-corrected chi connectivity index (χ2v) is 10.9. The molecule has 220 valence electrons. The maximum atomic E-state index is 12.1. The average molecular weight is 555 g/mol. The molecule has 1 unspecified atom stereocenters. The predicted molar refractivity (Wildman–Crippen MR) is 141 cm³/mol. The van der Waals surface area contributed by atoms with E-state index in [9.17, 15) is 24.2 Å². The molecule has 0 aliphatic heterocycles. The fourth-order valence-electron chi connectivity index (χ4n) is 3.50. The zero-order valence-corrected chi connectivity index (χ0v) is 23.8. The van der Waals surface area contributed by atoms with Crippen molar-refractivity contribution in [2.24, 2.45) is 0 Å². The first kappa shape index (κ1) is 36.0. The quantitative estimate of drug-likeness (QED) is 0.0739. The molecule has 10 nitrogen and oxygen atoms in total. The van der Waals surface area contributed by atoms with Crippen molar-refractivity contribution in [2.45, 2.75) is 129 Å². The highest BCUT2D eigenvalue weighted by atomic mass is 31.2. The Morgan fingerprint density at radius 1 is 0.703 bits per heavy atom. The van der Waals surface area contributed by atoms with Crippen LogP contribution in [0.2, 0.25) is 0 Å². The van der Waals surface area contributed by atoms with E-state index in [0.717, 1.165) is 25.7 Å². The third kappa shape index (κ3) is 23.8. The number of hydrogen-bond acceptors (Lipinski definition) is 9. The second-order valence-electron chi connectivity index (χ2n) is 9.43. The molecule has 0 aliphatic rings. The van der Waals surface area contributed by atoms with Gasteiger partial charge in [-0.2, -0.15) is 0 Å². The Kier molecular flexibility index (Phi) is 23.4. The molecule has 3 atom stereocenters. The van der Waals surface area contributed by atoms with Crippen LogP contribution >= 0.6 is 7.82 Å². The second kappa shape index (κ2) is 24.0. The summed E-state index contributed by atoms with van der Waals surface area (Å²) in [6.45, 7) is 2.04. The van der Waals surface area contributed by atoms with Gasteiger partial charge in [0.15, 0.2) is 6.10 Å². The normalized spacial score (nSPS) is 14.6. The minimum atomic E-state index is -4.57. The molecule has 3 N–H and O–H groups in total. The molecule has 0 saturated heterocycles. The lowest BCUT2D eigenvalue weighted by atomic mass is 10.0. The Morgan fingerprint density at radius 3 is 1.73 bits per heavy atom. The van der Waals surface area contributed by atoms with Crippen molar-refractivity contribution in [1.29, 1.82) is 0 Å². The van der Waals surface area contributed by atoms with E-state index >= 15 is 0 Å². The summed E-state index contributed by atoms with van der Waals surface area (Å²) in [5, 5.41) is 18.0. The van der Waals surface area contributed by atoms with Crippen LogP contribution in [-0.2, 0) is 32.7 Å². The summed E-state index contributed by atoms with van der Waals surface area (Å²) in [7, 11) is -4.57. The van der Waals surface area contributed by atoms with Gasteiger partial charge in [0.25, 0.3) is 0 Å². The molecule has 0 bridgehead atoms. The summed E-state index contributed by atoms with van der Waals surface area (Å²) in [6.07, 6.45) is 13.7. The van der Waals surface area contributed by atoms with Crippen molar-refractivity contribution in [3.05, 3.63) is 0 Å². The molecule has 0 heterocycles. The largest absolute Gasteiger partial charge is 0.472 e. The van der Waals surface area contributed by atoms with Crippen LogP contribution in [0.15, 0.2) is 0 Å². The lowest BCUT2D eigenvalue weighted by Gasteiger charge is -2.20. The lowest BCUT2D eigenvalue weighted by Crippen LogP contribution is -2.29. The number of aliphatic hydroxyl groups is 2. The Balaban J connectivity index is 4.22. The van der Waals surface area contributed by atoms with Gasteiger partial charge in [-0.25, -0.2) is 4.57 Å². The number of phosphoric ester groups is 1. The zero-order valence-electron chi connectivity index (χ0n) is 22.9. The highest BCUT2D eigenvalue weighted by Crippen LogP contribution is 2.43. The van der Waals surface area contributed by atoms with Crippen molar-refractivity contribution in [1.82, 2.24) is 0 Å². The minimum absolute atomic E-state index is 0.162. The smallest absolute Gasteiger partial charge is 0.462 e. The minimum Gasteiger partial charge on any atom is -0.462 e. The highest BCUT2D eigenvalue weighted by Gasteiger charge is 2.27. The van der Waals surface area contributed by atoms with Gasteiger partial charge in [0.05, 0.1) is 19.8 Å². The van der Waals surface area contributed by atoms with E-state index in [2.05, 4.69) is 11.4 Å². The maximum Gasteiger partial charge on any atom is 0.472 e. The molecule has 0 aliphatic carbocycles. The van der Waals surface area contributed by atoms with Crippen molar-refractivity contribution in [2.75, 3.05) is 26.4 Å². The fourth-order valence-corrected chi connectivity index (χ4v) is 4.29. The summed E-state index contributed by atoms with van der Waals surface area (Å²) in [4.78, 5) is 33.8. The van der Waals surface area contributed by atoms with E-state index in [1.807, 2.05) is 6.92 Å². The van der Waals surface area contributed by atoms with Gasteiger partial charge in [-0.05, 0) is 12.8 Å². The highest BCUT2D eigenvalue weighted by molar-refractivity contribution is 7.47. The Bertz CT molecular complexity index is 616. The van der Waals surface area contributed by atoms with Crippen LogP contribution in [0, 0.1) is 0 Å². The topological polar surface area (TPSA) is 149 Å². The van der Waals surface area contributed by atoms with E-state index in [1.165, 1.54) is 51.4 Å². The fraction of sp³-hybridized carbons (Fsp3) is 0.923. The molecule has 0 radical (unpaired) electrons. The van der Waals surface area contributed by atoms with Crippen molar-refractivity contribution >= 4 is 19.8 Å². The maximum absolute atomic E-state index is 12.1. The monoisotopic (exact) mass is 554 g/mol. The van der Waals surface area contributed by atoms with Crippen LogP contribution in [-0.4, -0.2) is 65.7 Å². The molecule has 11 heteroatoms. The van der Waals surface area contributed by atoms with Crippen LogP contribution in [0.25, 0.3) is 0 Å². The Hall–Kier alpha value is -1.03. The van der Waals surface area contributed by atoms with E-state index in [1.54, 1.807) is 0 Å². The van der Waals surface area contributed by atoms with Gasteiger partial charge in [0.2, 0.25) is 0 Å². The number of phosphoric acid groups is 1. The van der Waals surface area contributed by atoms with E-state index in [0.29, 0.717) is 12.8 Å². The SMILES string of the molecule is CCCCCCCCCCCCCCC(=O)OC[C@H](COP(=O)(O)OC[C@@H](O)CO)OC(=O)CCCC. The summed E-state index contributed by atoms with van der Waals surface area (Å²) in [5.41, 5.74) is 0. The third-order valence-corrected chi connectivity index (χ3v) is 6.71. The predicted octanol–water partition coefficient (Wildman–Crippen LogP) is 5.21. The molecule has 0 rings (SSSR count). The number of ether oxygens (including phenoxy) is 2. The Morgan fingerprint density at radius 2 is 1.19 bits per heavy atom. The zero-order chi connectivity index (χ0) is 27.8. The van der Waals surface area contributed by atoms with Crippen molar-refractivity contribution in [3.63, 3.8) is 0 Å². The number of esters is 2. The first-order chi connectivity index (χ1) is 17.7. The van der Waals surface area contributed by atoms with Crippen LogP contribution in [0.1, 0.15) is 117 Å². The molecular weight excluding hydrogens is 503 g/mol. The molecule has 0 aromatic heterocycles. The van der Waals surface area contributed by atoms with E-state index in [-0.39, 0.29) is 19.4 Å². The van der Waals surface area contributed by atoms with Gasteiger partial charge in [-0.3, -0.25) is 18.6 Å². The molecule has 0 fully saturated rings. The standard InChI is InChI=1S/C26H51O10P/c1-3-5-7-8-9-10-11-12-13-14-15-16-18-25(29)33-21-24(36-26(30)17-6-4-2)22-35-37(31,32)34-20-23(28)19-27/h23-24,27-28H,3-22H2,1-2H3,(H,31,32)/t23-,24+/m0/s1. The average Bonchev–Trinajstić information content (AvgIpc) is 2.88.